The predicted molar refractivity (Wildman–Crippen MR) is 112 cm³/mol. The van der Waals surface area contributed by atoms with Crippen molar-refractivity contribution in [2.75, 3.05) is 16.8 Å². The SMILES string of the molecule is CC1Cc2ccccc2N1C(=O)CNc1ccccc1C(=O)NCc1ccco1. The van der Waals surface area contributed by atoms with Gasteiger partial charge in [0.1, 0.15) is 5.76 Å². The minimum absolute atomic E-state index is 0.0201. The molecule has 3 aromatic rings. The molecule has 0 bridgehead atoms. The molecule has 29 heavy (non-hydrogen) atoms. The van der Waals surface area contributed by atoms with Crippen LogP contribution < -0.4 is 15.5 Å². The van der Waals surface area contributed by atoms with Crippen LogP contribution in [0.15, 0.2) is 71.3 Å². The highest BCUT2D eigenvalue weighted by atomic mass is 16.3. The second-order valence-electron chi connectivity index (χ2n) is 7.11. The highest BCUT2D eigenvalue weighted by Crippen LogP contribution is 2.31. The van der Waals surface area contributed by atoms with Crippen LogP contribution in [0.1, 0.15) is 28.6 Å². The Morgan fingerprint density at radius 3 is 2.69 bits per heavy atom. The molecule has 4 rings (SSSR count). The highest BCUT2D eigenvalue weighted by molar-refractivity contribution is 6.02. The molecule has 148 valence electrons. The van der Waals surface area contributed by atoms with E-state index >= 15 is 0 Å². The number of furan rings is 1. The Hall–Kier alpha value is -3.54. The zero-order valence-electron chi connectivity index (χ0n) is 16.2. The average molecular weight is 389 g/mol. The van der Waals surface area contributed by atoms with Gasteiger partial charge in [-0.1, -0.05) is 30.3 Å². The molecule has 0 fully saturated rings. The smallest absolute Gasteiger partial charge is 0.253 e. The zero-order valence-corrected chi connectivity index (χ0v) is 16.2. The van der Waals surface area contributed by atoms with Crippen LogP contribution in [0.4, 0.5) is 11.4 Å². The first kappa shape index (κ1) is 18.8. The van der Waals surface area contributed by atoms with Gasteiger partial charge >= 0.3 is 0 Å². The number of amides is 2. The highest BCUT2D eigenvalue weighted by Gasteiger charge is 2.30. The van der Waals surface area contributed by atoms with Gasteiger partial charge in [-0.2, -0.15) is 0 Å². The number of para-hydroxylation sites is 2. The fourth-order valence-corrected chi connectivity index (χ4v) is 3.71. The largest absolute Gasteiger partial charge is 0.467 e. The molecular formula is C23H23N3O3. The van der Waals surface area contributed by atoms with Gasteiger partial charge in [-0.15, -0.1) is 0 Å². The molecule has 1 unspecified atom stereocenters. The zero-order chi connectivity index (χ0) is 20.2. The van der Waals surface area contributed by atoms with Gasteiger partial charge in [-0.3, -0.25) is 9.59 Å². The van der Waals surface area contributed by atoms with E-state index < -0.39 is 0 Å². The summed E-state index contributed by atoms with van der Waals surface area (Å²) in [5.74, 6) is 0.436. The second kappa shape index (κ2) is 8.22. The van der Waals surface area contributed by atoms with Gasteiger partial charge in [0.15, 0.2) is 0 Å². The van der Waals surface area contributed by atoms with E-state index in [-0.39, 0.29) is 24.4 Å². The Labute approximate surface area is 169 Å². The summed E-state index contributed by atoms with van der Waals surface area (Å²) in [5, 5.41) is 5.98. The fraction of sp³-hybridized carbons (Fsp3) is 0.217. The first-order valence-electron chi connectivity index (χ1n) is 9.67. The Morgan fingerprint density at radius 1 is 1.07 bits per heavy atom. The fourth-order valence-electron chi connectivity index (χ4n) is 3.71. The number of hydrogen-bond donors (Lipinski definition) is 2. The molecule has 0 saturated carbocycles. The third kappa shape index (κ3) is 4.01. The Kier molecular flexibility index (Phi) is 5.33. The normalized spacial score (nSPS) is 15.1. The summed E-state index contributed by atoms with van der Waals surface area (Å²) in [6.07, 6.45) is 2.42. The molecule has 1 aliphatic heterocycles. The summed E-state index contributed by atoms with van der Waals surface area (Å²) >= 11 is 0. The molecule has 0 spiro atoms. The summed E-state index contributed by atoms with van der Waals surface area (Å²) in [7, 11) is 0. The van der Waals surface area contributed by atoms with Gasteiger partial charge in [0.05, 0.1) is 24.9 Å². The maximum atomic E-state index is 12.9. The van der Waals surface area contributed by atoms with E-state index in [1.807, 2.05) is 36.1 Å². The van der Waals surface area contributed by atoms with E-state index in [9.17, 15) is 9.59 Å². The molecular weight excluding hydrogens is 366 g/mol. The second-order valence-corrected chi connectivity index (χ2v) is 7.11. The first-order chi connectivity index (χ1) is 14.1. The van der Waals surface area contributed by atoms with E-state index in [0.717, 1.165) is 12.1 Å². The number of nitrogens with one attached hydrogen (secondary N) is 2. The van der Waals surface area contributed by atoms with Crippen molar-refractivity contribution in [1.82, 2.24) is 5.32 Å². The summed E-state index contributed by atoms with van der Waals surface area (Å²) in [5.41, 5.74) is 3.27. The third-order valence-electron chi connectivity index (χ3n) is 5.08. The number of nitrogens with zero attached hydrogens (tertiary/aromatic N) is 1. The van der Waals surface area contributed by atoms with Crippen molar-refractivity contribution < 1.29 is 14.0 Å². The molecule has 0 aliphatic carbocycles. The molecule has 2 amide bonds. The van der Waals surface area contributed by atoms with Crippen LogP contribution in [0.3, 0.4) is 0 Å². The van der Waals surface area contributed by atoms with Crippen molar-refractivity contribution in [3.8, 4) is 0 Å². The van der Waals surface area contributed by atoms with E-state index in [1.54, 1.807) is 36.6 Å². The molecule has 6 heteroatoms. The summed E-state index contributed by atoms with van der Waals surface area (Å²) < 4.78 is 5.24. The molecule has 0 radical (unpaired) electrons. The quantitative estimate of drug-likeness (QED) is 0.676. The molecule has 1 atom stereocenters. The monoisotopic (exact) mass is 389 g/mol. The average Bonchev–Trinajstić information content (AvgIpc) is 3.37. The van der Waals surface area contributed by atoms with Gasteiger partial charge in [0.2, 0.25) is 5.91 Å². The van der Waals surface area contributed by atoms with Crippen LogP contribution >= 0.6 is 0 Å². The first-order valence-corrected chi connectivity index (χ1v) is 9.67. The lowest BCUT2D eigenvalue weighted by Crippen LogP contribution is -2.39. The van der Waals surface area contributed by atoms with E-state index in [4.69, 9.17) is 4.42 Å². The number of rotatable bonds is 6. The summed E-state index contributed by atoms with van der Waals surface area (Å²) in [6, 6.07) is 18.9. The third-order valence-corrected chi connectivity index (χ3v) is 5.08. The Balaban J connectivity index is 1.42. The Bertz CT molecular complexity index is 1010. The van der Waals surface area contributed by atoms with Crippen LogP contribution in [0, 0.1) is 0 Å². The van der Waals surface area contributed by atoms with Crippen molar-refractivity contribution >= 4 is 23.2 Å². The van der Waals surface area contributed by atoms with E-state index in [1.165, 1.54) is 5.56 Å². The van der Waals surface area contributed by atoms with Crippen LogP contribution in [0.5, 0.6) is 0 Å². The van der Waals surface area contributed by atoms with E-state index in [2.05, 4.69) is 16.7 Å². The lowest BCUT2D eigenvalue weighted by molar-refractivity contribution is -0.117. The van der Waals surface area contributed by atoms with Crippen molar-refractivity contribution in [3.63, 3.8) is 0 Å². The number of carbonyl (C=O) groups is 2. The number of anilines is 2. The van der Waals surface area contributed by atoms with Crippen molar-refractivity contribution in [1.29, 1.82) is 0 Å². The van der Waals surface area contributed by atoms with Crippen molar-refractivity contribution in [3.05, 3.63) is 83.8 Å². The molecule has 2 aromatic carbocycles. The molecule has 2 N–H and O–H groups in total. The number of carbonyl (C=O) groups excluding carboxylic acids is 2. The molecule has 1 aromatic heterocycles. The molecule has 2 heterocycles. The Morgan fingerprint density at radius 2 is 1.86 bits per heavy atom. The standard InChI is InChI=1S/C23H23N3O3/c1-16-13-17-7-2-5-11-21(17)26(16)22(27)15-24-20-10-4-3-9-19(20)23(28)25-14-18-8-6-12-29-18/h2-12,16,24H,13-15H2,1H3,(H,25,28). The number of hydrogen-bond acceptors (Lipinski definition) is 4. The summed E-state index contributed by atoms with van der Waals surface area (Å²) in [4.78, 5) is 27.3. The van der Waals surface area contributed by atoms with Crippen LogP contribution in [0.2, 0.25) is 0 Å². The van der Waals surface area contributed by atoms with E-state index in [0.29, 0.717) is 23.6 Å². The number of fused-ring (bicyclic) bond motifs is 1. The predicted octanol–water partition coefficient (Wildman–Crippen LogP) is 3.60. The molecule has 0 saturated heterocycles. The maximum absolute atomic E-state index is 12.9. The lowest BCUT2D eigenvalue weighted by Gasteiger charge is -2.23. The van der Waals surface area contributed by atoms with Gasteiger partial charge in [-0.25, -0.2) is 0 Å². The van der Waals surface area contributed by atoms with Crippen LogP contribution in [0.25, 0.3) is 0 Å². The van der Waals surface area contributed by atoms with Crippen LogP contribution in [-0.4, -0.2) is 24.4 Å². The summed E-state index contributed by atoms with van der Waals surface area (Å²) in [6.45, 7) is 2.47. The van der Waals surface area contributed by atoms with Gasteiger partial charge in [0, 0.05) is 17.4 Å². The van der Waals surface area contributed by atoms with Gasteiger partial charge in [0.25, 0.3) is 5.91 Å². The van der Waals surface area contributed by atoms with Crippen LogP contribution in [-0.2, 0) is 17.8 Å². The molecule has 6 nitrogen and oxygen atoms in total. The van der Waals surface area contributed by atoms with Crippen molar-refractivity contribution in [2.45, 2.75) is 25.9 Å². The van der Waals surface area contributed by atoms with Gasteiger partial charge in [-0.05, 0) is 49.2 Å². The minimum atomic E-state index is -0.225. The number of benzene rings is 2. The van der Waals surface area contributed by atoms with Gasteiger partial charge < -0.3 is 20.0 Å². The molecule has 1 aliphatic rings. The maximum Gasteiger partial charge on any atom is 0.253 e. The lowest BCUT2D eigenvalue weighted by atomic mass is 10.1. The minimum Gasteiger partial charge on any atom is -0.467 e. The van der Waals surface area contributed by atoms with Crippen molar-refractivity contribution in [2.24, 2.45) is 0 Å². The topological polar surface area (TPSA) is 74.6 Å².